The number of aromatic amines is 2. The molecule has 1 unspecified atom stereocenters. The monoisotopic (exact) mass is 456 g/mol. The summed E-state index contributed by atoms with van der Waals surface area (Å²) in [6.45, 7) is 0. The molecule has 3 aromatic carbocycles. The van der Waals surface area contributed by atoms with Crippen molar-refractivity contribution in [2.75, 3.05) is 7.11 Å². The second-order valence-electron chi connectivity index (χ2n) is 7.50. The van der Waals surface area contributed by atoms with Crippen LogP contribution in [0.15, 0.2) is 79.1 Å². The van der Waals surface area contributed by atoms with Crippen LogP contribution in [-0.2, 0) is 6.18 Å². The first-order valence-corrected chi connectivity index (χ1v) is 9.84. The average molecular weight is 457 g/mol. The lowest BCUT2D eigenvalue weighted by atomic mass is 9.84. The lowest BCUT2D eigenvalue weighted by Gasteiger charge is -2.18. The standard InChI is InChI=1S/C25H19F3N2O.ClH/c1-31-17-10-11-23-19(12-17)21(14-30-23)24(15-6-8-16(9-7-15)25(26,27)28)20-13-29-22-5-3-2-4-18(20)22;/h2-14,24,29-30H,1H3;1H. The highest BCUT2D eigenvalue weighted by molar-refractivity contribution is 5.89. The van der Waals surface area contributed by atoms with Gasteiger partial charge in [-0.25, -0.2) is 0 Å². The minimum atomic E-state index is -4.37. The fraction of sp³-hybridized carbons (Fsp3) is 0.120. The third kappa shape index (κ3) is 3.71. The van der Waals surface area contributed by atoms with Gasteiger partial charge in [0.15, 0.2) is 0 Å². The van der Waals surface area contributed by atoms with Crippen molar-refractivity contribution in [3.8, 4) is 5.75 Å². The molecule has 0 radical (unpaired) electrons. The summed E-state index contributed by atoms with van der Waals surface area (Å²) in [4.78, 5) is 6.58. The van der Waals surface area contributed by atoms with E-state index >= 15 is 0 Å². The fourth-order valence-corrected chi connectivity index (χ4v) is 4.21. The van der Waals surface area contributed by atoms with Gasteiger partial charge in [-0.1, -0.05) is 30.3 Å². The topological polar surface area (TPSA) is 40.8 Å². The number of methoxy groups -OCH3 is 1. The molecule has 7 heteroatoms. The van der Waals surface area contributed by atoms with Gasteiger partial charge in [-0.2, -0.15) is 13.2 Å². The quantitative estimate of drug-likeness (QED) is 0.293. The molecule has 2 N–H and O–H groups in total. The third-order valence-corrected chi connectivity index (χ3v) is 5.74. The number of halogens is 4. The van der Waals surface area contributed by atoms with E-state index in [-0.39, 0.29) is 18.3 Å². The van der Waals surface area contributed by atoms with Crippen LogP contribution in [0.4, 0.5) is 13.2 Å². The molecule has 3 nitrogen and oxygen atoms in total. The van der Waals surface area contributed by atoms with Crippen LogP contribution in [0.3, 0.4) is 0 Å². The van der Waals surface area contributed by atoms with E-state index in [1.165, 1.54) is 0 Å². The summed E-state index contributed by atoms with van der Waals surface area (Å²) >= 11 is 0. The number of fused-ring (bicyclic) bond motifs is 2. The number of nitrogens with one attached hydrogen (secondary N) is 2. The molecule has 164 valence electrons. The van der Waals surface area contributed by atoms with Crippen molar-refractivity contribution in [2.45, 2.75) is 12.1 Å². The number of H-pyrrole nitrogens is 2. The smallest absolute Gasteiger partial charge is 0.416 e. The zero-order valence-corrected chi connectivity index (χ0v) is 17.8. The zero-order valence-electron chi connectivity index (χ0n) is 17.0. The summed E-state index contributed by atoms with van der Waals surface area (Å²) in [5, 5.41) is 2.00. The molecule has 0 saturated carbocycles. The normalized spacial score (nSPS) is 12.6. The Morgan fingerprint density at radius 1 is 0.781 bits per heavy atom. The number of alkyl halides is 3. The number of aromatic nitrogens is 2. The molecule has 0 spiro atoms. The van der Waals surface area contributed by atoms with Crippen molar-refractivity contribution in [3.63, 3.8) is 0 Å². The van der Waals surface area contributed by atoms with E-state index in [1.54, 1.807) is 19.2 Å². The van der Waals surface area contributed by atoms with Gasteiger partial charge >= 0.3 is 6.18 Å². The highest BCUT2D eigenvalue weighted by Gasteiger charge is 2.31. The number of para-hydroxylation sites is 1. The van der Waals surface area contributed by atoms with Gasteiger partial charge in [0.1, 0.15) is 5.75 Å². The van der Waals surface area contributed by atoms with E-state index < -0.39 is 11.7 Å². The van der Waals surface area contributed by atoms with E-state index in [4.69, 9.17) is 4.74 Å². The van der Waals surface area contributed by atoms with Crippen molar-refractivity contribution in [3.05, 3.63) is 101 Å². The predicted molar refractivity (Wildman–Crippen MR) is 123 cm³/mol. The first kappa shape index (κ1) is 21.8. The third-order valence-electron chi connectivity index (χ3n) is 5.74. The van der Waals surface area contributed by atoms with E-state index in [9.17, 15) is 13.2 Å². The summed E-state index contributed by atoms with van der Waals surface area (Å²) < 4.78 is 44.8. The van der Waals surface area contributed by atoms with Crippen molar-refractivity contribution in [1.82, 2.24) is 9.97 Å². The second-order valence-corrected chi connectivity index (χ2v) is 7.50. The molecule has 0 amide bonds. The minimum Gasteiger partial charge on any atom is -0.497 e. The van der Waals surface area contributed by atoms with Gasteiger partial charge in [-0.15, -0.1) is 12.4 Å². The van der Waals surface area contributed by atoms with Crippen LogP contribution < -0.4 is 4.74 Å². The first-order chi connectivity index (χ1) is 15.0. The number of benzene rings is 3. The van der Waals surface area contributed by atoms with Gasteiger partial charge < -0.3 is 14.7 Å². The Labute approximate surface area is 188 Å². The molecule has 5 aromatic rings. The molecule has 0 aliphatic rings. The molecule has 2 aromatic heterocycles. The Morgan fingerprint density at radius 2 is 1.41 bits per heavy atom. The van der Waals surface area contributed by atoms with E-state index in [0.717, 1.165) is 56.4 Å². The highest BCUT2D eigenvalue weighted by atomic mass is 35.5. The van der Waals surface area contributed by atoms with Crippen molar-refractivity contribution >= 4 is 34.2 Å². The number of ether oxygens (including phenoxy) is 1. The largest absolute Gasteiger partial charge is 0.497 e. The van der Waals surface area contributed by atoms with Crippen molar-refractivity contribution in [2.24, 2.45) is 0 Å². The van der Waals surface area contributed by atoms with E-state index in [2.05, 4.69) is 9.97 Å². The molecule has 0 aliphatic heterocycles. The lowest BCUT2D eigenvalue weighted by Crippen LogP contribution is -2.07. The maximum absolute atomic E-state index is 13.1. The van der Waals surface area contributed by atoms with Crippen LogP contribution in [0.2, 0.25) is 0 Å². The SMILES string of the molecule is COc1ccc2[nH]cc(C(c3ccc(C(F)(F)F)cc3)c3c[nH]c4ccccc34)c2c1.Cl. The number of hydrogen-bond acceptors (Lipinski definition) is 1. The minimum absolute atomic E-state index is 0. The average Bonchev–Trinajstić information content (AvgIpc) is 3.38. The predicted octanol–water partition coefficient (Wildman–Crippen LogP) is 7.28. The van der Waals surface area contributed by atoms with Crippen molar-refractivity contribution < 1.29 is 17.9 Å². The summed E-state index contributed by atoms with van der Waals surface area (Å²) in [7, 11) is 1.61. The van der Waals surface area contributed by atoms with Gasteiger partial charge in [0, 0.05) is 40.1 Å². The van der Waals surface area contributed by atoms with Crippen LogP contribution in [0.25, 0.3) is 21.8 Å². The van der Waals surface area contributed by atoms with E-state index in [1.807, 2.05) is 54.9 Å². The zero-order chi connectivity index (χ0) is 21.6. The first-order valence-electron chi connectivity index (χ1n) is 9.84. The Morgan fingerprint density at radius 3 is 2.06 bits per heavy atom. The molecular weight excluding hydrogens is 437 g/mol. The Bertz CT molecular complexity index is 1370. The van der Waals surface area contributed by atoms with Crippen molar-refractivity contribution in [1.29, 1.82) is 0 Å². The Hall–Kier alpha value is -3.38. The van der Waals surface area contributed by atoms with Crippen LogP contribution in [0, 0.1) is 0 Å². The highest BCUT2D eigenvalue weighted by Crippen LogP contribution is 2.41. The van der Waals surface area contributed by atoms with Crippen LogP contribution >= 0.6 is 12.4 Å². The second kappa shape index (κ2) is 8.28. The lowest BCUT2D eigenvalue weighted by molar-refractivity contribution is -0.137. The van der Waals surface area contributed by atoms with Crippen LogP contribution in [0.5, 0.6) is 5.75 Å². The summed E-state index contributed by atoms with van der Waals surface area (Å²) in [5.74, 6) is 0.456. The summed E-state index contributed by atoms with van der Waals surface area (Å²) in [6, 6.07) is 19.1. The van der Waals surface area contributed by atoms with Gasteiger partial charge in [0.25, 0.3) is 0 Å². The molecule has 0 saturated heterocycles. The maximum atomic E-state index is 13.1. The molecule has 0 aliphatic carbocycles. The molecule has 0 bridgehead atoms. The molecule has 0 fully saturated rings. The molecule has 2 heterocycles. The Kier molecular flexibility index (Phi) is 5.65. The van der Waals surface area contributed by atoms with Gasteiger partial charge in [0.2, 0.25) is 0 Å². The van der Waals surface area contributed by atoms with Crippen LogP contribution in [-0.4, -0.2) is 17.1 Å². The molecule has 1 atom stereocenters. The van der Waals surface area contributed by atoms with Gasteiger partial charge in [-0.3, -0.25) is 0 Å². The molecular formula is C25H20ClF3N2O. The van der Waals surface area contributed by atoms with E-state index in [0.29, 0.717) is 0 Å². The number of hydrogen-bond donors (Lipinski definition) is 2. The fourth-order valence-electron chi connectivity index (χ4n) is 4.21. The maximum Gasteiger partial charge on any atom is 0.416 e. The molecule has 5 rings (SSSR count). The number of rotatable bonds is 4. The molecule has 32 heavy (non-hydrogen) atoms. The van der Waals surface area contributed by atoms with Gasteiger partial charge in [-0.05, 0) is 53.1 Å². The Balaban J connectivity index is 0.00000245. The van der Waals surface area contributed by atoms with Gasteiger partial charge in [0.05, 0.1) is 12.7 Å². The van der Waals surface area contributed by atoms with Crippen LogP contribution in [0.1, 0.15) is 28.2 Å². The summed E-state index contributed by atoms with van der Waals surface area (Å²) in [6.07, 6.45) is -0.511. The summed E-state index contributed by atoms with van der Waals surface area (Å²) in [5.41, 5.74) is 4.01.